The molecule has 2 atom stereocenters. The summed E-state index contributed by atoms with van der Waals surface area (Å²) in [6, 6.07) is 16.0. The van der Waals surface area contributed by atoms with Crippen LogP contribution < -0.4 is 0 Å². The van der Waals surface area contributed by atoms with Crippen molar-refractivity contribution in [2.24, 2.45) is 5.92 Å². The van der Waals surface area contributed by atoms with Gasteiger partial charge in [-0.05, 0) is 39.8 Å². The molecule has 2 aromatic carbocycles. The molecule has 2 rings (SSSR count). The molecule has 0 radical (unpaired) electrons. The van der Waals surface area contributed by atoms with Crippen LogP contribution in [-0.4, -0.2) is 31.0 Å². The number of sulfone groups is 1. The Bertz CT molecular complexity index is 897. The van der Waals surface area contributed by atoms with Gasteiger partial charge in [-0.1, -0.05) is 48.5 Å². The Morgan fingerprint density at radius 3 is 1.85 bits per heavy atom. The maximum absolute atomic E-state index is 13.0. The summed E-state index contributed by atoms with van der Waals surface area (Å²) in [6.07, 6.45) is 0. The Labute approximate surface area is 160 Å². The van der Waals surface area contributed by atoms with E-state index in [2.05, 4.69) is 0 Å². The van der Waals surface area contributed by atoms with Gasteiger partial charge in [0.05, 0.1) is 10.1 Å². The lowest BCUT2D eigenvalue weighted by atomic mass is 9.94. The first-order chi connectivity index (χ1) is 12.5. The molecule has 0 saturated carbocycles. The zero-order valence-corrected chi connectivity index (χ0v) is 16.7. The van der Waals surface area contributed by atoms with Crippen molar-refractivity contribution in [3.05, 3.63) is 66.2 Å². The summed E-state index contributed by atoms with van der Waals surface area (Å²) in [7, 11) is -3.91. The standard InChI is InChI=1S/C21H24O5S/c1-15(27(24,25)17-13-9-6-10-14-17)18(20(23)26-21(2,3)4)19(22)16-11-7-5-8-12-16/h5-15,18H,1-4H3/t15-,18-/m1/s1. The lowest BCUT2D eigenvalue weighted by Crippen LogP contribution is -2.42. The molecule has 0 aliphatic rings. The minimum absolute atomic E-state index is 0.0620. The van der Waals surface area contributed by atoms with Crippen molar-refractivity contribution in [3.8, 4) is 0 Å². The van der Waals surface area contributed by atoms with E-state index >= 15 is 0 Å². The predicted octanol–water partition coefficient (Wildman–Crippen LogP) is 3.69. The van der Waals surface area contributed by atoms with Crippen molar-refractivity contribution < 1.29 is 22.7 Å². The largest absolute Gasteiger partial charge is 0.459 e. The molecule has 2 aromatic rings. The first kappa shape index (κ1) is 20.8. The normalized spacial score (nSPS) is 14.2. The van der Waals surface area contributed by atoms with Gasteiger partial charge in [-0.25, -0.2) is 8.42 Å². The molecule has 6 heteroatoms. The van der Waals surface area contributed by atoms with Crippen LogP contribution in [0.15, 0.2) is 65.6 Å². The second kappa shape index (κ2) is 8.05. The average Bonchev–Trinajstić information content (AvgIpc) is 2.61. The molecule has 0 aliphatic carbocycles. The Morgan fingerprint density at radius 2 is 1.37 bits per heavy atom. The zero-order valence-electron chi connectivity index (χ0n) is 15.9. The number of esters is 1. The highest BCUT2D eigenvalue weighted by atomic mass is 32.2. The van der Waals surface area contributed by atoms with Gasteiger partial charge in [0.2, 0.25) is 0 Å². The Hall–Kier alpha value is -2.47. The van der Waals surface area contributed by atoms with Crippen molar-refractivity contribution in [2.75, 3.05) is 0 Å². The second-order valence-electron chi connectivity index (χ2n) is 7.30. The molecular weight excluding hydrogens is 364 g/mol. The molecule has 0 fully saturated rings. The van der Waals surface area contributed by atoms with Crippen LogP contribution in [0.5, 0.6) is 0 Å². The van der Waals surface area contributed by atoms with Gasteiger partial charge in [-0.2, -0.15) is 0 Å². The minimum atomic E-state index is -3.91. The number of Topliss-reactive ketones (excluding diaryl/α,β-unsaturated/α-hetero) is 1. The molecule has 27 heavy (non-hydrogen) atoms. The molecule has 0 heterocycles. The molecule has 5 nitrogen and oxygen atoms in total. The average molecular weight is 388 g/mol. The maximum atomic E-state index is 13.0. The summed E-state index contributed by atoms with van der Waals surface area (Å²) in [5.41, 5.74) is -0.578. The van der Waals surface area contributed by atoms with Crippen LogP contribution in [0, 0.1) is 5.92 Å². The number of benzene rings is 2. The van der Waals surface area contributed by atoms with E-state index in [0.29, 0.717) is 0 Å². The quantitative estimate of drug-likeness (QED) is 0.428. The highest BCUT2D eigenvalue weighted by Gasteiger charge is 2.42. The summed E-state index contributed by atoms with van der Waals surface area (Å²) in [6.45, 7) is 6.39. The number of carbonyl (C=O) groups excluding carboxylic acids is 2. The van der Waals surface area contributed by atoms with Crippen LogP contribution in [-0.2, 0) is 19.4 Å². The van der Waals surface area contributed by atoms with Gasteiger partial charge in [0.25, 0.3) is 0 Å². The molecule has 0 N–H and O–H groups in total. The van der Waals surface area contributed by atoms with E-state index in [9.17, 15) is 18.0 Å². The fraction of sp³-hybridized carbons (Fsp3) is 0.333. The third-order valence-corrected chi connectivity index (χ3v) is 6.21. The van der Waals surface area contributed by atoms with Crippen molar-refractivity contribution in [1.82, 2.24) is 0 Å². The molecule has 0 aliphatic heterocycles. The van der Waals surface area contributed by atoms with Crippen LogP contribution in [0.4, 0.5) is 0 Å². The Kier molecular flexibility index (Phi) is 6.21. The van der Waals surface area contributed by atoms with Gasteiger partial charge in [-0.3, -0.25) is 9.59 Å². The molecule has 0 aromatic heterocycles. The van der Waals surface area contributed by atoms with Crippen molar-refractivity contribution in [1.29, 1.82) is 0 Å². The third-order valence-electron chi connectivity index (χ3n) is 4.03. The van der Waals surface area contributed by atoms with Gasteiger partial charge in [0.1, 0.15) is 11.5 Å². The van der Waals surface area contributed by atoms with Gasteiger partial charge < -0.3 is 4.74 Å². The maximum Gasteiger partial charge on any atom is 0.318 e. The summed E-state index contributed by atoms with van der Waals surface area (Å²) in [5.74, 6) is -2.88. The number of hydrogen-bond donors (Lipinski definition) is 0. The number of rotatable bonds is 6. The SMILES string of the molecule is C[C@H]([C@@H](C(=O)OC(C)(C)C)C(=O)c1ccccc1)S(=O)(=O)c1ccccc1. The third kappa shape index (κ3) is 5.04. The summed E-state index contributed by atoms with van der Waals surface area (Å²) >= 11 is 0. The summed E-state index contributed by atoms with van der Waals surface area (Å²) < 4.78 is 31.4. The predicted molar refractivity (Wildman–Crippen MR) is 103 cm³/mol. The van der Waals surface area contributed by atoms with E-state index in [0.717, 1.165) is 0 Å². The molecule has 144 valence electrons. The van der Waals surface area contributed by atoms with Crippen LogP contribution >= 0.6 is 0 Å². The van der Waals surface area contributed by atoms with Gasteiger partial charge in [0, 0.05) is 5.56 Å². The van der Waals surface area contributed by atoms with Crippen molar-refractivity contribution in [3.63, 3.8) is 0 Å². The highest BCUT2D eigenvalue weighted by molar-refractivity contribution is 7.92. The lowest BCUT2D eigenvalue weighted by molar-refractivity contribution is -0.158. The van der Waals surface area contributed by atoms with Gasteiger partial charge in [-0.15, -0.1) is 0 Å². The molecule has 0 bridgehead atoms. The van der Waals surface area contributed by atoms with Crippen molar-refractivity contribution >= 4 is 21.6 Å². The smallest absolute Gasteiger partial charge is 0.318 e. The minimum Gasteiger partial charge on any atom is -0.459 e. The van der Waals surface area contributed by atoms with E-state index in [1.54, 1.807) is 69.3 Å². The van der Waals surface area contributed by atoms with E-state index in [1.165, 1.54) is 19.1 Å². The molecule has 0 spiro atoms. The van der Waals surface area contributed by atoms with E-state index < -0.39 is 38.4 Å². The Morgan fingerprint density at radius 1 is 0.889 bits per heavy atom. The Balaban J connectivity index is 2.48. The molecule has 0 unspecified atom stereocenters. The number of hydrogen-bond acceptors (Lipinski definition) is 5. The molecule has 0 saturated heterocycles. The zero-order chi connectivity index (χ0) is 20.2. The van der Waals surface area contributed by atoms with Crippen LogP contribution in [0.1, 0.15) is 38.1 Å². The van der Waals surface area contributed by atoms with Crippen LogP contribution in [0.25, 0.3) is 0 Å². The second-order valence-corrected chi connectivity index (χ2v) is 9.61. The van der Waals surface area contributed by atoms with Crippen LogP contribution in [0.2, 0.25) is 0 Å². The summed E-state index contributed by atoms with van der Waals surface area (Å²) in [5, 5.41) is -1.28. The van der Waals surface area contributed by atoms with Gasteiger partial charge in [0.15, 0.2) is 15.6 Å². The van der Waals surface area contributed by atoms with Crippen LogP contribution in [0.3, 0.4) is 0 Å². The van der Waals surface area contributed by atoms with E-state index in [1.807, 2.05) is 0 Å². The monoisotopic (exact) mass is 388 g/mol. The van der Waals surface area contributed by atoms with Crippen molar-refractivity contribution in [2.45, 2.75) is 43.4 Å². The lowest BCUT2D eigenvalue weighted by Gasteiger charge is -2.26. The first-order valence-electron chi connectivity index (χ1n) is 8.65. The summed E-state index contributed by atoms with van der Waals surface area (Å²) in [4.78, 5) is 25.9. The fourth-order valence-corrected chi connectivity index (χ4v) is 4.22. The topological polar surface area (TPSA) is 77.5 Å². The molecule has 0 amide bonds. The first-order valence-corrected chi connectivity index (χ1v) is 10.2. The fourth-order valence-electron chi connectivity index (χ4n) is 2.66. The van der Waals surface area contributed by atoms with E-state index in [4.69, 9.17) is 4.74 Å². The van der Waals surface area contributed by atoms with Gasteiger partial charge >= 0.3 is 5.97 Å². The number of ketones is 1. The highest BCUT2D eigenvalue weighted by Crippen LogP contribution is 2.27. The van der Waals surface area contributed by atoms with E-state index in [-0.39, 0.29) is 10.5 Å². The molecular formula is C21H24O5S. The number of carbonyl (C=O) groups is 2. The number of ether oxygens (including phenoxy) is 1.